The third-order valence-electron chi connectivity index (χ3n) is 3.26. The fraction of sp³-hybridized carbons (Fsp3) is 0.562. The van der Waals surface area contributed by atoms with E-state index in [1.165, 1.54) is 0 Å². The van der Waals surface area contributed by atoms with Gasteiger partial charge in [-0.2, -0.15) is 5.26 Å². The fourth-order valence-corrected chi connectivity index (χ4v) is 3.34. The van der Waals surface area contributed by atoms with Crippen LogP contribution in [-0.2, 0) is 4.74 Å². The van der Waals surface area contributed by atoms with Gasteiger partial charge < -0.3 is 9.64 Å². The number of hydrogen-bond acceptors (Lipinski definition) is 5. The molecule has 6 heteroatoms. The second-order valence-corrected chi connectivity index (χ2v) is 7.54. The highest BCUT2D eigenvalue weighted by Crippen LogP contribution is 2.31. The number of carbonyl (C=O) groups is 1. The molecular weight excluding hydrogens is 298 g/mol. The van der Waals surface area contributed by atoms with Crippen LogP contribution in [0, 0.1) is 11.3 Å². The van der Waals surface area contributed by atoms with E-state index in [1.54, 1.807) is 35.0 Å². The van der Waals surface area contributed by atoms with Crippen LogP contribution < -0.4 is 0 Å². The molecule has 0 spiro atoms. The first kappa shape index (κ1) is 16.6. The minimum Gasteiger partial charge on any atom is -0.444 e. The molecule has 1 amide bonds. The minimum atomic E-state index is -0.460. The maximum atomic E-state index is 12.0. The van der Waals surface area contributed by atoms with Crippen LogP contribution in [0.5, 0.6) is 0 Å². The molecule has 1 saturated heterocycles. The zero-order chi connectivity index (χ0) is 16.2. The minimum absolute atomic E-state index is 0.244. The lowest BCUT2D eigenvalue weighted by Gasteiger charge is -2.33. The molecule has 22 heavy (non-hydrogen) atoms. The van der Waals surface area contributed by atoms with Crippen LogP contribution >= 0.6 is 11.8 Å². The molecule has 0 N–H and O–H groups in total. The summed E-state index contributed by atoms with van der Waals surface area (Å²) in [4.78, 5) is 18.1. The Morgan fingerprint density at radius 2 is 2.14 bits per heavy atom. The summed E-state index contributed by atoms with van der Waals surface area (Å²) in [5, 5.41) is 10.3. The number of rotatable bonds is 2. The van der Waals surface area contributed by atoms with Crippen molar-refractivity contribution in [3.63, 3.8) is 0 Å². The second kappa shape index (κ2) is 7.01. The zero-order valence-electron chi connectivity index (χ0n) is 13.2. The van der Waals surface area contributed by atoms with Crippen LogP contribution in [0.25, 0.3) is 0 Å². The summed E-state index contributed by atoms with van der Waals surface area (Å²) in [5.41, 5.74) is 0.153. The number of nitrogens with zero attached hydrogens (tertiary/aromatic N) is 3. The molecule has 1 fully saturated rings. The normalized spacial score (nSPS) is 16.2. The third-order valence-corrected chi connectivity index (χ3v) is 4.62. The lowest BCUT2D eigenvalue weighted by molar-refractivity contribution is 0.0219. The van der Waals surface area contributed by atoms with Crippen molar-refractivity contribution in [1.29, 1.82) is 5.26 Å². The number of aromatic nitrogens is 1. The van der Waals surface area contributed by atoms with Crippen molar-refractivity contribution in [3.05, 3.63) is 23.9 Å². The molecule has 2 heterocycles. The Labute approximate surface area is 135 Å². The van der Waals surface area contributed by atoms with Crippen LogP contribution in [0.2, 0.25) is 0 Å². The van der Waals surface area contributed by atoms with Gasteiger partial charge in [0.15, 0.2) is 0 Å². The maximum absolute atomic E-state index is 12.0. The van der Waals surface area contributed by atoms with Gasteiger partial charge in [-0.3, -0.25) is 0 Å². The summed E-state index contributed by atoms with van der Waals surface area (Å²) in [7, 11) is 0. The maximum Gasteiger partial charge on any atom is 0.410 e. The number of amides is 1. The smallest absolute Gasteiger partial charge is 0.410 e. The molecule has 2 rings (SSSR count). The standard InChI is InChI=1S/C16H21N3O2S/c1-16(2,3)21-15(20)19-9-6-13(7-10-19)22-14-12(11-17)5-4-8-18-14/h4-5,8,13H,6-7,9-10H2,1-3H3. The number of thioether (sulfide) groups is 1. The van der Waals surface area contributed by atoms with Crippen LogP contribution in [0.4, 0.5) is 4.79 Å². The van der Waals surface area contributed by atoms with Gasteiger partial charge in [-0.15, -0.1) is 11.8 Å². The van der Waals surface area contributed by atoms with E-state index in [-0.39, 0.29) is 6.09 Å². The summed E-state index contributed by atoms with van der Waals surface area (Å²) in [6.45, 7) is 6.98. The summed E-state index contributed by atoms with van der Waals surface area (Å²) in [5.74, 6) is 0. The summed E-state index contributed by atoms with van der Waals surface area (Å²) in [6.07, 6.45) is 3.22. The Morgan fingerprint density at radius 3 is 2.73 bits per heavy atom. The molecule has 1 aliphatic heterocycles. The predicted molar refractivity (Wildman–Crippen MR) is 85.6 cm³/mol. The summed E-state index contributed by atoms with van der Waals surface area (Å²) < 4.78 is 5.39. The molecule has 0 saturated carbocycles. The van der Waals surface area contributed by atoms with Gasteiger partial charge in [0.05, 0.1) is 5.56 Å². The number of pyridine rings is 1. The van der Waals surface area contributed by atoms with Gasteiger partial charge in [0.1, 0.15) is 16.7 Å². The first-order chi connectivity index (χ1) is 10.4. The number of carbonyl (C=O) groups excluding carboxylic acids is 1. The van der Waals surface area contributed by atoms with Gasteiger partial charge in [0.25, 0.3) is 0 Å². The van der Waals surface area contributed by atoms with E-state index < -0.39 is 5.60 Å². The Hall–Kier alpha value is -1.74. The molecule has 0 bridgehead atoms. The average Bonchev–Trinajstić information content (AvgIpc) is 2.47. The SMILES string of the molecule is CC(C)(C)OC(=O)N1CCC(Sc2ncccc2C#N)CC1. The van der Waals surface area contributed by atoms with Crippen LogP contribution in [0.15, 0.2) is 23.4 Å². The first-order valence-electron chi connectivity index (χ1n) is 7.39. The Balaban J connectivity index is 1.88. The van der Waals surface area contributed by atoms with E-state index in [0.29, 0.717) is 23.9 Å². The van der Waals surface area contributed by atoms with Gasteiger partial charge >= 0.3 is 6.09 Å². The Bertz CT molecular complexity index is 569. The van der Waals surface area contributed by atoms with Crippen molar-refractivity contribution in [1.82, 2.24) is 9.88 Å². The van der Waals surface area contributed by atoms with E-state index in [2.05, 4.69) is 11.1 Å². The molecule has 5 nitrogen and oxygen atoms in total. The van der Waals surface area contributed by atoms with E-state index in [1.807, 2.05) is 20.8 Å². The number of likely N-dealkylation sites (tertiary alicyclic amines) is 1. The van der Waals surface area contributed by atoms with Gasteiger partial charge in [-0.05, 0) is 45.7 Å². The Kier molecular flexibility index (Phi) is 5.30. The molecule has 0 aromatic carbocycles. The molecule has 1 aromatic heterocycles. The van der Waals surface area contributed by atoms with E-state index in [9.17, 15) is 4.79 Å². The fourth-order valence-electron chi connectivity index (χ4n) is 2.21. The lowest BCUT2D eigenvalue weighted by Crippen LogP contribution is -2.42. The average molecular weight is 319 g/mol. The zero-order valence-corrected chi connectivity index (χ0v) is 14.0. The van der Waals surface area contributed by atoms with Crippen molar-refractivity contribution in [2.75, 3.05) is 13.1 Å². The first-order valence-corrected chi connectivity index (χ1v) is 8.27. The summed E-state index contributed by atoms with van der Waals surface area (Å²) in [6, 6.07) is 5.72. The third kappa shape index (κ3) is 4.63. The highest BCUT2D eigenvalue weighted by atomic mass is 32.2. The number of piperidine rings is 1. The van der Waals surface area contributed by atoms with Crippen LogP contribution in [0.3, 0.4) is 0 Å². The van der Waals surface area contributed by atoms with E-state index in [4.69, 9.17) is 10.00 Å². The molecule has 0 atom stereocenters. The molecule has 1 aliphatic rings. The molecule has 0 radical (unpaired) electrons. The van der Waals surface area contributed by atoms with Gasteiger partial charge in [-0.25, -0.2) is 9.78 Å². The van der Waals surface area contributed by atoms with Crippen LogP contribution in [0.1, 0.15) is 39.2 Å². The monoisotopic (exact) mass is 319 g/mol. The van der Waals surface area contributed by atoms with Crippen molar-refractivity contribution in [2.24, 2.45) is 0 Å². The van der Waals surface area contributed by atoms with Gasteiger partial charge in [0, 0.05) is 24.5 Å². The van der Waals surface area contributed by atoms with Gasteiger partial charge in [0.2, 0.25) is 0 Å². The Morgan fingerprint density at radius 1 is 1.45 bits per heavy atom. The highest BCUT2D eigenvalue weighted by molar-refractivity contribution is 7.99. The van der Waals surface area contributed by atoms with Crippen molar-refractivity contribution in [3.8, 4) is 6.07 Å². The number of hydrogen-bond donors (Lipinski definition) is 0. The lowest BCUT2D eigenvalue weighted by atomic mass is 10.1. The quantitative estimate of drug-likeness (QED) is 0.835. The molecule has 118 valence electrons. The highest BCUT2D eigenvalue weighted by Gasteiger charge is 2.27. The molecule has 1 aromatic rings. The van der Waals surface area contributed by atoms with Crippen molar-refractivity contribution >= 4 is 17.9 Å². The van der Waals surface area contributed by atoms with E-state index in [0.717, 1.165) is 17.9 Å². The number of nitriles is 1. The van der Waals surface area contributed by atoms with Crippen LogP contribution in [-0.4, -0.2) is 39.9 Å². The topological polar surface area (TPSA) is 66.2 Å². The van der Waals surface area contributed by atoms with E-state index >= 15 is 0 Å². The van der Waals surface area contributed by atoms with Crippen molar-refractivity contribution < 1.29 is 9.53 Å². The van der Waals surface area contributed by atoms with Crippen molar-refractivity contribution in [2.45, 2.75) is 49.5 Å². The second-order valence-electron chi connectivity index (χ2n) is 6.25. The summed E-state index contributed by atoms with van der Waals surface area (Å²) >= 11 is 1.63. The largest absolute Gasteiger partial charge is 0.444 e. The molecular formula is C16H21N3O2S. The molecule has 0 unspecified atom stereocenters. The molecule has 0 aliphatic carbocycles. The van der Waals surface area contributed by atoms with Gasteiger partial charge in [-0.1, -0.05) is 0 Å². The predicted octanol–water partition coefficient (Wildman–Crippen LogP) is 3.44. The number of ether oxygens (including phenoxy) is 1.